The lowest BCUT2D eigenvalue weighted by Crippen LogP contribution is -2.33. The van der Waals surface area contributed by atoms with Gasteiger partial charge in [0.2, 0.25) is 5.82 Å². The Labute approximate surface area is 119 Å². The van der Waals surface area contributed by atoms with Crippen molar-refractivity contribution in [2.24, 2.45) is 5.41 Å². The molecule has 8 heteroatoms. The normalized spacial score (nSPS) is 17.0. The van der Waals surface area contributed by atoms with Crippen LogP contribution in [-0.4, -0.2) is 36.3 Å². The van der Waals surface area contributed by atoms with E-state index in [1.807, 2.05) is 0 Å². The second kappa shape index (κ2) is 5.19. The minimum Gasteiger partial charge on any atom is -0.481 e. The summed E-state index contributed by atoms with van der Waals surface area (Å²) in [5.74, 6) is -0.924. The van der Waals surface area contributed by atoms with Gasteiger partial charge in [0.05, 0.1) is 18.2 Å². The predicted molar refractivity (Wildman–Crippen MR) is 69.5 cm³/mol. The van der Waals surface area contributed by atoms with Gasteiger partial charge in [0.15, 0.2) is 0 Å². The highest BCUT2D eigenvalue weighted by atomic mass is 19.1. The van der Waals surface area contributed by atoms with Gasteiger partial charge in [-0.3, -0.25) is 4.79 Å². The maximum Gasteiger partial charge on any atom is 0.311 e. The Kier molecular flexibility index (Phi) is 3.36. The van der Waals surface area contributed by atoms with Gasteiger partial charge in [0, 0.05) is 0 Å². The zero-order valence-electron chi connectivity index (χ0n) is 11.2. The van der Waals surface area contributed by atoms with Crippen molar-refractivity contribution in [3.63, 3.8) is 0 Å². The molecular weight excluding hydrogens is 277 g/mol. The van der Waals surface area contributed by atoms with Crippen LogP contribution in [0.5, 0.6) is 0 Å². The van der Waals surface area contributed by atoms with Crippen molar-refractivity contribution in [1.29, 1.82) is 0 Å². The Morgan fingerprint density at radius 1 is 1.38 bits per heavy atom. The second-order valence-corrected chi connectivity index (χ2v) is 5.31. The maximum absolute atomic E-state index is 12.9. The predicted octanol–water partition coefficient (Wildman–Crippen LogP) is 1.52. The number of tetrazole rings is 1. The van der Waals surface area contributed by atoms with Gasteiger partial charge < -0.3 is 5.11 Å². The van der Waals surface area contributed by atoms with Crippen molar-refractivity contribution in [2.45, 2.75) is 32.2 Å². The first-order valence-electron chi connectivity index (χ1n) is 6.72. The van der Waals surface area contributed by atoms with Crippen molar-refractivity contribution in [3.8, 4) is 11.5 Å². The van der Waals surface area contributed by atoms with E-state index in [4.69, 9.17) is 0 Å². The van der Waals surface area contributed by atoms with Gasteiger partial charge >= 0.3 is 5.97 Å². The van der Waals surface area contributed by atoms with E-state index in [-0.39, 0.29) is 6.54 Å². The summed E-state index contributed by atoms with van der Waals surface area (Å²) < 4.78 is 14.4. The average Bonchev–Trinajstić information content (AvgIpc) is 3.10. The molecule has 2 aromatic heterocycles. The highest BCUT2D eigenvalue weighted by Crippen LogP contribution is 2.40. The summed E-state index contributed by atoms with van der Waals surface area (Å²) in [6, 6.07) is 2.74. The molecule has 1 N–H and O–H groups in total. The van der Waals surface area contributed by atoms with Gasteiger partial charge in [-0.1, -0.05) is 12.8 Å². The monoisotopic (exact) mass is 291 g/mol. The summed E-state index contributed by atoms with van der Waals surface area (Å²) in [6.07, 6.45) is 4.07. The largest absolute Gasteiger partial charge is 0.481 e. The quantitative estimate of drug-likeness (QED) is 0.917. The molecule has 0 radical (unpaired) electrons. The summed E-state index contributed by atoms with van der Waals surface area (Å²) in [7, 11) is 0. The number of carboxylic acid groups (broad SMARTS) is 1. The van der Waals surface area contributed by atoms with Crippen LogP contribution in [0.2, 0.25) is 0 Å². The fourth-order valence-electron chi connectivity index (χ4n) is 2.78. The van der Waals surface area contributed by atoms with Gasteiger partial charge in [-0.15, -0.1) is 5.10 Å². The Morgan fingerprint density at radius 2 is 2.14 bits per heavy atom. The zero-order valence-corrected chi connectivity index (χ0v) is 11.2. The number of pyridine rings is 1. The summed E-state index contributed by atoms with van der Waals surface area (Å²) in [6.45, 7) is 0.198. The summed E-state index contributed by atoms with van der Waals surface area (Å²) in [5, 5.41) is 20.8. The molecule has 0 atom stereocenters. The minimum absolute atomic E-state index is 0.198. The van der Waals surface area contributed by atoms with E-state index in [0.29, 0.717) is 24.4 Å². The number of nitrogens with zero attached hydrogens (tertiary/aromatic N) is 5. The highest BCUT2D eigenvalue weighted by molar-refractivity contribution is 5.75. The molecule has 7 nitrogen and oxygen atoms in total. The van der Waals surface area contributed by atoms with Crippen LogP contribution in [0.4, 0.5) is 4.39 Å². The van der Waals surface area contributed by atoms with Crippen LogP contribution >= 0.6 is 0 Å². The Morgan fingerprint density at radius 3 is 2.76 bits per heavy atom. The number of aromatic nitrogens is 5. The maximum atomic E-state index is 12.9. The molecule has 2 aromatic rings. The van der Waals surface area contributed by atoms with Crippen LogP contribution in [0.3, 0.4) is 0 Å². The molecule has 3 rings (SSSR count). The van der Waals surface area contributed by atoms with E-state index >= 15 is 0 Å². The molecule has 0 spiro atoms. The van der Waals surface area contributed by atoms with E-state index < -0.39 is 17.2 Å². The van der Waals surface area contributed by atoms with Gasteiger partial charge in [-0.2, -0.15) is 0 Å². The number of rotatable bonds is 4. The van der Waals surface area contributed by atoms with Gasteiger partial charge in [0.25, 0.3) is 0 Å². The van der Waals surface area contributed by atoms with E-state index in [1.165, 1.54) is 16.8 Å². The molecule has 1 saturated carbocycles. The molecule has 0 unspecified atom stereocenters. The first-order valence-corrected chi connectivity index (χ1v) is 6.72. The highest BCUT2D eigenvalue weighted by Gasteiger charge is 2.42. The first-order chi connectivity index (χ1) is 10.1. The van der Waals surface area contributed by atoms with Crippen LogP contribution in [-0.2, 0) is 11.3 Å². The van der Waals surface area contributed by atoms with Crippen LogP contribution in [0, 0.1) is 11.2 Å². The van der Waals surface area contributed by atoms with Crippen molar-refractivity contribution in [3.05, 3.63) is 24.1 Å². The fraction of sp³-hybridized carbons (Fsp3) is 0.462. The lowest BCUT2D eigenvalue weighted by Gasteiger charge is -2.23. The topological polar surface area (TPSA) is 93.8 Å². The Bertz CT molecular complexity index is 649. The van der Waals surface area contributed by atoms with E-state index in [1.54, 1.807) is 0 Å². The van der Waals surface area contributed by atoms with E-state index in [0.717, 1.165) is 19.0 Å². The first kappa shape index (κ1) is 13.6. The molecule has 1 aliphatic carbocycles. The summed E-state index contributed by atoms with van der Waals surface area (Å²) >= 11 is 0. The molecular formula is C13H14FN5O2. The van der Waals surface area contributed by atoms with Gasteiger partial charge in [-0.05, 0) is 35.4 Å². The lowest BCUT2D eigenvalue weighted by atomic mass is 9.86. The molecule has 2 heterocycles. The third-order valence-corrected chi connectivity index (χ3v) is 3.96. The SMILES string of the molecule is O=C(O)C1(Cn2nnnc2-c2ccc(F)cn2)CCCC1. The minimum atomic E-state index is -0.829. The van der Waals surface area contributed by atoms with Crippen LogP contribution < -0.4 is 0 Å². The fourth-order valence-corrected chi connectivity index (χ4v) is 2.78. The second-order valence-electron chi connectivity index (χ2n) is 5.31. The number of carbonyl (C=O) groups is 1. The smallest absolute Gasteiger partial charge is 0.311 e. The lowest BCUT2D eigenvalue weighted by molar-refractivity contribution is -0.149. The molecule has 110 valence electrons. The van der Waals surface area contributed by atoms with Crippen molar-refractivity contribution in [1.82, 2.24) is 25.2 Å². The molecule has 0 aliphatic heterocycles. The molecule has 1 fully saturated rings. The molecule has 1 aliphatic rings. The van der Waals surface area contributed by atoms with E-state index in [2.05, 4.69) is 20.5 Å². The third-order valence-electron chi connectivity index (χ3n) is 3.96. The van der Waals surface area contributed by atoms with Crippen LogP contribution in [0.25, 0.3) is 11.5 Å². The average molecular weight is 291 g/mol. The Balaban J connectivity index is 1.92. The molecule has 0 amide bonds. The number of aliphatic carboxylic acids is 1. The number of carboxylic acids is 1. The standard InChI is InChI=1S/C13H14FN5O2/c14-9-3-4-10(15-7-9)11-16-17-18-19(11)8-13(12(20)21)5-1-2-6-13/h3-4,7H,1-2,5-6,8H2,(H,20,21). The van der Waals surface area contributed by atoms with Crippen molar-refractivity contribution < 1.29 is 14.3 Å². The van der Waals surface area contributed by atoms with Crippen molar-refractivity contribution in [2.75, 3.05) is 0 Å². The van der Waals surface area contributed by atoms with Crippen LogP contribution in [0.1, 0.15) is 25.7 Å². The van der Waals surface area contributed by atoms with Gasteiger partial charge in [0.1, 0.15) is 11.5 Å². The number of hydrogen-bond donors (Lipinski definition) is 1. The van der Waals surface area contributed by atoms with Crippen LogP contribution in [0.15, 0.2) is 18.3 Å². The van der Waals surface area contributed by atoms with E-state index in [9.17, 15) is 14.3 Å². The summed E-state index contributed by atoms with van der Waals surface area (Å²) in [4.78, 5) is 15.5. The molecule has 0 aromatic carbocycles. The molecule has 0 bridgehead atoms. The number of hydrogen-bond acceptors (Lipinski definition) is 5. The number of halogens is 1. The van der Waals surface area contributed by atoms with Gasteiger partial charge in [-0.25, -0.2) is 14.1 Å². The third kappa shape index (κ3) is 2.48. The summed E-state index contributed by atoms with van der Waals surface area (Å²) in [5.41, 5.74) is -0.413. The Hall–Kier alpha value is -2.38. The zero-order chi connectivity index (χ0) is 14.9. The molecule has 0 saturated heterocycles. The van der Waals surface area contributed by atoms with Crippen molar-refractivity contribution >= 4 is 5.97 Å². The molecule has 21 heavy (non-hydrogen) atoms.